The summed E-state index contributed by atoms with van der Waals surface area (Å²) < 4.78 is 0. The van der Waals surface area contributed by atoms with Crippen LogP contribution in [-0.2, 0) is 17.1 Å². The van der Waals surface area contributed by atoms with Crippen molar-refractivity contribution < 1.29 is 22.2 Å². The number of rotatable bonds is 1. The van der Waals surface area contributed by atoms with Crippen LogP contribution >= 0.6 is 0 Å². The van der Waals surface area contributed by atoms with E-state index in [4.69, 9.17) is 5.11 Å². The maximum atomic E-state index is 8.70. The van der Waals surface area contributed by atoms with Gasteiger partial charge in [-0.05, 0) is 12.2 Å². The van der Waals surface area contributed by atoms with Gasteiger partial charge in [0.15, 0.2) is 0 Å². The summed E-state index contributed by atoms with van der Waals surface area (Å²) in [7, 11) is 3.89. The number of allylic oxidation sites excluding steroid dienone is 3. The molecule has 3 heteroatoms. The molecule has 1 aromatic carbocycles. The van der Waals surface area contributed by atoms with Crippen LogP contribution in [0.15, 0.2) is 66.1 Å². The minimum absolute atomic E-state index is 0. The minimum Gasteiger partial charge on any atom is -0.515 e. The zero-order valence-corrected chi connectivity index (χ0v) is 10.5. The standard InChI is InChI=1S/C8H11NO.C5H5.Fe/c1-9(2)8-5-3-4-7(8)6-10;1-2-4-5-3-1;/h3-6,10H,1-2H3;1-5H;/q;-1;/b7-6-;;. The van der Waals surface area contributed by atoms with Crippen molar-refractivity contribution in [1.82, 2.24) is 4.90 Å². The summed E-state index contributed by atoms with van der Waals surface area (Å²) in [5.41, 5.74) is 1.91. The maximum Gasteiger partial charge on any atom is 0.0884 e. The molecule has 0 aliphatic heterocycles. The van der Waals surface area contributed by atoms with E-state index in [1.54, 1.807) is 0 Å². The number of aliphatic hydroxyl groups is 1. The molecule has 0 unspecified atom stereocenters. The first-order chi connectivity index (χ1) is 7.25. The molecule has 0 spiro atoms. The molecule has 1 N–H and O–H groups in total. The SMILES string of the molecule is CN(C)C1=CC=C/C1=C/O.[Fe].c1cc[cH-]c1. The minimum atomic E-state index is 0. The van der Waals surface area contributed by atoms with Crippen LogP contribution in [0.4, 0.5) is 0 Å². The van der Waals surface area contributed by atoms with Gasteiger partial charge >= 0.3 is 0 Å². The molecule has 0 saturated heterocycles. The van der Waals surface area contributed by atoms with E-state index in [2.05, 4.69) is 0 Å². The Morgan fingerprint density at radius 1 is 1.25 bits per heavy atom. The predicted octanol–water partition coefficient (Wildman–Crippen LogP) is 2.85. The monoisotopic (exact) mass is 258 g/mol. The van der Waals surface area contributed by atoms with Crippen molar-refractivity contribution >= 4 is 0 Å². The van der Waals surface area contributed by atoms with Crippen LogP contribution in [0.25, 0.3) is 0 Å². The fourth-order valence-corrected chi connectivity index (χ4v) is 1.26. The summed E-state index contributed by atoms with van der Waals surface area (Å²) in [6.45, 7) is 0. The average Bonchev–Trinajstić information content (AvgIpc) is 2.92. The molecule has 0 aromatic heterocycles. The van der Waals surface area contributed by atoms with Gasteiger partial charge in [-0.2, -0.15) is 18.2 Å². The fourth-order valence-electron chi connectivity index (χ4n) is 1.26. The van der Waals surface area contributed by atoms with E-state index in [-0.39, 0.29) is 17.1 Å². The third-order valence-corrected chi connectivity index (χ3v) is 2.00. The van der Waals surface area contributed by atoms with E-state index < -0.39 is 0 Å². The van der Waals surface area contributed by atoms with Crippen LogP contribution in [0.1, 0.15) is 0 Å². The number of nitrogens with zero attached hydrogens (tertiary/aromatic N) is 1. The summed E-state index contributed by atoms with van der Waals surface area (Å²) in [5, 5.41) is 8.70. The second-order valence-corrected chi connectivity index (χ2v) is 3.35. The molecule has 0 fully saturated rings. The topological polar surface area (TPSA) is 23.5 Å². The van der Waals surface area contributed by atoms with Crippen molar-refractivity contribution in [3.8, 4) is 0 Å². The van der Waals surface area contributed by atoms with Gasteiger partial charge in [-0.1, -0.05) is 6.08 Å². The van der Waals surface area contributed by atoms with E-state index >= 15 is 0 Å². The molecular formula is C13H16FeNO-. The van der Waals surface area contributed by atoms with Gasteiger partial charge in [0, 0.05) is 42.4 Å². The molecule has 2 rings (SSSR count). The van der Waals surface area contributed by atoms with Crippen LogP contribution < -0.4 is 0 Å². The van der Waals surface area contributed by atoms with Gasteiger partial charge in [-0.25, -0.2) is 12.1 Å². The van der Waals surface area contributed by atoms with Crippen molar-refractivity contribution in [2.24, 2.45) is 0 Å². The zero-order chi connectivity index (χ0) is 11.1. The second-order valence-electron chi connectivity index (χ2n) is 3.35. The van der Waals surface area contributed by atoms with Gasteiger partial charge in [0.2, 0.25) is 0 Å². The summed E-state index contributed by atoms with van der Waals surface area (Å²) in [5.74, 6) is 0. The molecule has 0 amide bonds. The molecule has 0 radical (unpaired) electrons. The van der Waals surface area contributed by atoms with E-state index in [1.807, 2.05) is 67.6 Å². The number of aliphatic hydroxyl groups excluding tert-OH is 1. The summed E-state index contributed by atoms with van der Waals surface area (Å²) in [6.07, 6.45) is 6.87. The van der Waals surface area contributed by atoms with Gasteiger partial charge in [0.1, 0.15) is 0 Å². The quantitative estimate of drug-likeness (QED) is 0.475. The molecule has 16 heavy (non-hydrogen) atoms. The van der Waals surface area contributed by atoms with Gasteiger partial charge in [0.05, 0.1) is 6.26 Å². The largest absolute Gasteiger partial charge is 0.515 e. The van der Waals surface area contributed by atoms with Crippen LogP contribution in [0.5, 0.6) is 0 Å². The normalized spacial score (nSPS) is 14.9. The molecule has 0 saturated carbocycles. The van der Waals surface area contributed by atoms with E-state index in [0.717, 1.165) is 17.5 Å². The van der Waals surface area contributed by atoms with E-state index in [1.165, 1.54) is 0 Å². The molecular weight excluding hydrogens is 242 g/mol. The molecule has 1 aliphatic carbocycles. The van der Waals surface area contributed by atoms with Crippen molar-refractivity contribution in [2.75, 3.05) is 14.1 Å². The first-order valence-corrected chi connectivity index (χ1v) is 4.83. The first kappa shape index (κ1) is 14.7. The summed E-state index contributed by atoms with van der Waals surface area (Å²) in [4.78, 5) is 1.96. The number of hydrogen-bond donors (Lipinski definition) is 1. The van der Waals surface area contributed by atoms with Crippen molar-refractivity contribution in [3.05, 3.63) is 66.1 Å². The maximum absolute atomic E-state index is 8.70. The van der Waals surface area contributed by atoms with Gasteiger partial charge in [-0.15, -0.1) is 0 Å². The van der Waals surface area contributed by atoms with Crippen LogP contribution in [0, 0.1) is 0 Å². The van der Waals surface area contributed by atoms with Gasteiger partial charge in [0.25, 0.3) is 0 Å². The Labute approximate surface area is 107 Å². The molecule has 88 valence electrons. The summed E-state index contributed by atoms with van der Waals surface area (Å²) >= 11 is 0. The Kier molecular flexibility index (Phi) is 7.27. The Balaban J connectivity index is 0.000000318. The third kappa shape index (κ3) is 4.47. The van der Waals surface area contributed by atoms with E-state index in [9.17, 15) is 0 Å². The van der Waals surface area contributed by atoms with Crippen molar-refractivity contribution in [1.29, 1.82) is 0 Å². The average molecular weight is 258 g/mol. The molecule has 1 aromatic rings. The summed E-state index contributed by atoms with van der Waals surface area (Å²) in [6, 6.07) is 10.0. The van der Waals surface area contributed by atoms with E-state index in [0.29, 0.717) is 0 Å². The second kappa shape index (κ2) is 7.91. The molecule has 2 nitrogen and oxygen atoms in total. The molecule has 0 bridgehead atoms. The molecule has 0 atom stereocenters. The number of hydrogen-bond acceptors (Lipinski definition) is 2. The molecule has 1 aliphatic rings. The first-order valence-electron chi connectivity index (χ1n) is 4.83. The molecule has 0 heterocycles. The van der Waals surface area contributed by atoms with Crippen molar-refractivity contribution in [3.63, 3.8) is 0 Å². The number of likely N-dealkylation sites (N-methyl/N-ethyl adjacent to an activating group) is 1. The predicted molar refractivity (Wildman–Crippen MR) is 63.7 cm³/mol. The van der Waals surface area contributed by atoms with Crippen LogP contribution in [0.3, 0.4) is 0 Å². The van der Waals surface area contributed by atoms with Gasteiger partial charge in [-0.3, -0.25) is 0 Å². The Bertz CT molecular complexity index is 344. The van der Waals surface area contributed by atoms with Crippen molar-refractivity contribution in [2.45, 2.75) is 0 Å². The van der Waals surface area contributed by atoms with Crippen LogP contribution in [-0.4, -0.2) is 24.1 Å². The zero-order valence-electron chi connectivity index (χ0n) is 9.44. The van der Waals surface area contributed by atoms with Gasteiger partial charge < -0.3 is 10.0 Å². The van der Waals surface area contributed by atoms with Crippen LogP contribution in [0.2, 0.25) is 0 Å². The fraction of sp³-hybridized carbons (Fsp3) is 0.154. The Hall–Kier alpha value is -1.31. The third-order valence-electron chi connectivity index (χ3n) is 2.00. The Morgan fingerprint density at radius 3 is 2.19 bits per heavy atom. The smallest absolute Gasteiger partial charge is 0.0884 e. The Morgan fingerprint density at radius 2 is 1.88 bits per heavy atom.